The molecule has 0 bridgehead atoms. The Morgan fingerprint density at radius 3 is 2.59 bits per heavy atom. The van der Waals surface area contributed by atoms with Crippen LogP contribution in [0.25, 0.3) is 5.57 Å². The Labute approximate surface area is 168 Å². The first-order chi connectivity index (χ1) is 14.1. The molecule has 0 saturated heterocycles. The van der Waals surface area contributed by atoms with E-state index in [1.54, 1.807) is 6.07 Å². The normalized spacial score (nSPS) is 16.1. The number of aromatic nitrogens is 2. The van der Waals surface area contributed by atoms with Gasteiger partial charge in [0.05, 0.1) is 11.6 Å². The first-order valence-electron chi connectivity index (χ1n) is 9.73. The molecule has 2 N–H and O–H groups in total. The second-order valence-electron chi connectivity index (χ2n) is 7.36. The van der Waals surface area contributed by atoms with Crippen LogP contribution in [0, 0.1) is 11.3 Å². The van der Waals surface area contributed by atoms with Crippen LogP contribution in [0.4, 0.5) is 0 Å². The van der Waals surface area contributed by atoms with Crippen molar-refractivity contribution in [2.75, 3.05) is 0 Å². The zero-order valence-corrected chi connectivity index (χ0v) is 15.9. The Morgan fingerprint density at radius 1 is 1.03 bits per heavy atom. The Bertz CT molecular complexity index is 1210. The van der Waals surface area contributed by atoms with Gasteiger partial charge in [-0.25, -0.2) is 4.79 Å². The number of rotatable bonds is 4. The topological polar surface area (TPSA) is 89.5 Å². The summed E-state index contributed by atoms with van der Waals surface area (Å²) < 4.78 is 0. The summed E-state index contributed by atoms with van der Waals surface area (Å²) in [6.45, 7) is 0. The molecule has 144 valence electrons. The fraction of sp³-hybridized carbons (Fsp3) is 0.208. The highest BCUT2D eigenvalue weighted by molar-refractivity contribution is 5.67. The summed E-state index contributed by atoms with van der Waals surface area (Å²) in [6.07, 6.45) is 5.06. The minimum absolute atomic E-state index is 0.0895. The Morgan fingerprint density at radius 2 is 1.86 bits per heavy atom. The summed E-state index contributed by atoms with van der Waals surface area (Å²) in [4.78, 5) is 29.8. The predicted molar refractivity (Wildman–Crippen MR) is 113 cm³/mol. The van der Waals surface area contributed by atoms with Crippen molar-refractivity contribution < 1.29 is 0 Å². The van der Waals surface area contributed by atoms with Crippen molar-refractivity contribution in [2.45, 2.75) is 31.6 Å². The number of H-pyrrole nitrogens is 2. The molecular formula is C24H21N3O2. The highest BCUT2D eigenvalue weighted by Crippen LogP contribution is 2.36. The molecule has 0 amide bonds. The second-order valence-corrected chi connectivity index (χ2v) is 7.36. The van der Waals surface area contributed by atoms with Crippen LogP contribution in [-0.2, 0) is 6.42 Å². The van der Waals surface area contributed by atoms with Crippen LogP contribution in [0.5, 0.6) is 0 Å². The van der Waals surface area contributed by atoms with E-state index in [4.69, 9.17) is 5.26 Å². The van der Waals surface area contributed by atoms with Crippen LogP contribution in [0.1, 0.15) is 53.1 Å². The molecule has 5 nitrogen and oxygen atoms in total. The van der Waals surface area contributed by atoms with Crippen molar-refractivity contribution >= 4 is 5.57 Å². The van der Waals surface area contributed by atoms with Crippen LogP contribution in [0.2, 0.25) is 0 Å². The van der Waals surface area contributed by atoms with E-state index < -0.39 is 5.69 Å². The molecular weight excluding hydrogens is 362 g/mol. The standard InChI is InChI=1S/C24H21N3O2/c25-15-17-7-4-8-20(13-17)18-9-11-19(12-10-18)22-21(23(28)27-24(29)26-22)14-16-5-2-1-3-6-16/h1-9,13,19H,10-12,14H2,(H2,26,27,28,29). The molecule has 0 fully saturated rings. The minimum Gasteiger partial charge on any atom is -0.311 e. The van der Waals surface area contributed by atoms with E-state index in [2.05, 4.69) is 22.1 Å². The van der Waals surface area contributed by atoms with E-state index in [9.17, 15) is 9.59 Å². The van der Waals surface area contributed by atoms with Crippen LogP contribution in [0.15, 0.2) is 70.3 Å². The van der Waals surface area contributed by atoms with Crippen molar-refractivity contribution in [1.29, 1.82) is 5.26 Å². The fourth-order valence-electron chi connectivity index (χ4n) is 4.00. The molecule has 0 radical (unpaired) electrons. The molecule has 1 atom stereocenters. The van der Waals surface area contributed by atoms with Gasteiger partial charge in [0.25, 0.3) is 5.56 Å². The summed E-state index contributed by atoms with van der Waals surface area (Å²) in [6, 6.07) is 19.6. The molecule has 1 aromatic heterocycles. The number of nitrogens with zero attached hydrogens (tertiary/aromatic N) is 1. The van der Waals surface area contributed by atoms with Crippen LogP contribution in [-0.4, -0.2) is 9.97 Å². The molecule has 1 unspecified atom stereocenters. The molecule has 0 spiro atoms. The van der Waals surface area contributed by atoms with Gasteiger partial charge in [-0.3, -0.25) is 9.78 Å². The monoisotopic (exact) mass is 383 g/mol. The van der Waals surface area contributed by atoms with Gasteiger partial charge in [-0.15, -0.1) is 0 Å². The summed E-state index contributed by atoms with van der Waals surface area (Å²) in [5, 5.41) is 9.12. The zero-order chi connectivity index (χ0) is 20.2. The van der Waals surface area contributed by atoms with Crippen molar-refractivity contribution in [1.82, 2.24) is 9.97 Å². The molecule has 0 aliphatic heterocycles. The third-order valence-electron chi connectivity index (χ3n) is 5.48. The molecule has 29 heavy (non-hydrogen) atoms. The maximum Gasteiger partial charge on any atom is 0.325 e. The fourth-order valence-corrected chi connectivity index (χ4v) is 4.00. The van der Waals surface area contributed by atoms with Gasteiger partial charge in [0.2, 0.25) is 0 Å². The van der Waals surface area contributed by atoms with Gasteiger partial charge in [0, 0.05) is 23.6 Å². The van der Waals surface area contributed by atoms with Crippen molar-refractivity contribution in [3.05, 3.63) is 109 Å². The van der Waals surface area contributed by atoms with Crippen LogP contribution >= 0.6 is 0 Å². The van der Waals surface area contributed by atoms with Gasteiger partial charge in [-0.2, -0.15) is 5.26 Å². The average Bonchev–Trinajstić information content (AvgIpc) is 2.76. The lowest BCUT2D eigenvalue weighted by Gasteiger charge is -2.24. The lowest BCUT2D eigenvalue weighted by atomic mass is 9.82. The Hall–Kier alpha value is -3.65. The van der Waals surface area contributed by atoms with Gasteiger partial charge < -0.3 is 4.98 Å². The maximum atomic E-state index is 12.5. The van der Waals surface area contributed by atoms with Gasteiger partial charge in [0.1, 0.15) is 0 Å². The first-order valence-corrected chi connectivity index (χ1v) is 9.73. The average molecular weight is 383 g/mol. The van der Waals surface area contributed by atoms with Gasteiger partial charge >= 0.3 is 5.69 Å². The van der Waals surface area contributed by atoms with E-state index >= 15 is 0 Å². The smallest absolute Gasteiger partial charge is 0.311 e. The van der Waals surface area contributed by atoms with E-state index in [-0.39, 0.29) is 11.5 Å². The van der Waals surface area contributed by atoms with Crippen molar-refractivity contribution in [2.24, 2.45) is 0 Å². The Balaban J connectivity index is 1.64. The lowest BCUT2D eigenvalue weighted by Crippen LogP contribution is -2.29. The minimum atomic E-state index is -0.460. The number of nitrogens with one attached hydrogen (secondary N) is 2. The summed E-state index contributed by atoms with van der Waals surface area (Å²) in [5.41, 5.74) is 4.54. The summed E-state index contributed by atoms with van der Waals surface area (Å²) >= 11 is 0. The highest BCUT2D eigenvalue weighted by Gasteiger charge is 2.22. The Kier molecular flexibility index (Phi) is 5.26. The number of aromatic amines is 2. The summed E-state index contributed by atoms with van der Waals surface area (Å²) in [5.74, 6) is 0.0895. The molecule has 4 rings (SSSR count). The summed E-state index contributed by atoms with van der Waals surface area (Å²) in [7, 11) is 0. The van der Waals surface area contributed by atoms with Crippen molar-refractivity contribution in [3.8, 4) is 6.07 Å². The van der Waals surface area contributed by atoms with E-state index in [0.29, 0.717) is 17.5 Å². The largest absolute Gasteiger partial charge is 0.325 e. The number of hydrogen-bond acceptors (Lipinski definition) is 3. The molecule has 1 aliphatic rings. The number of benzene rings is 2. The zero-order valence-electron chi connectivity index (χ0n) is 15.9. The first kappa shape index (κ1) is 18.7. The quantitative estimate of drug-likeness (QED) is 0.716. The predicted octanol–water partition coefficient (Wildman–Crippen LogP) is 3.88. The molecule has 0 saturated carbocycles. The molecule has 2 aromatic carbocycles. The highest BCUT2D eigenvalue weighted by atomic mass is 16.2. The molecule has 1 heterocycles. The van der Waals surface area contributed by atoms with Crippen LogP contribution < -0.4 is 11.2 Å². The van der Waals surface area contributed by atoms with Crippen molar-refractivity contribution in [3.63, 3.8) is 0 Å². The van der Waals surface area contributed by atoms with E-state index in [1.807, 2.05) is 48.5 Å². The molecule has 5 heteroatoms. The van der Waals surface area contributed by atoms with E-state index in [1.165, 1.54) is 5.57 Å². The lowest BCUT2D eigenvalue weighted by molar-refractivity contribution is 0.596. The SMILES string of the molecule is N#Cc1cccc(C2=CCC(c3[nH]c(=O)[nH]c(=O)c3Cc3ccccc3)CC2)c1. The molecule has 3 aromatic rings. The number of hydrogen-bond donors (Lipinski definition) is 2. The maximum absolute atomic E-state index is 12.5. The van der Waals surface area contributed by atoms with E-state index in [0.717, 1.165) is 36.1 Å². The van der Waals surface area contributed by atoms with Gasteiger partial charge in [-0.1, -0.05) is 48.5 Å². The third-order valence-corrected chi connectivity index (χ3v) is 5.48. The molecule has 1 aliphatic carbocycles. The number of nitriles is 1. The van der Waals surface area contributed by atoms with Gasteiger partial charge in [-0.05, 0) is 48.1 Å². The second kappa shape index (κ2) is 8.15. The number of allylic oxidation sites excluding steroid dienone is 2. The van der Waals surface area contributed by atoms with Gasteiger partial charge in [0.15, 0.2) is 0 Å². The third kappa shape index (κ3) is 4.12. The van der Waals surface area contributed by atoms with Crippen LogP contribution in [0.3, 0.4) is 0 Å².